The van der Waals surface area contributed by atoms with E-state index in [-0.39, 0.29) is 12.5 Å². The van der Waals surface area contributed by atoms with Crippen LogP contribution in [0.1, 0.15) is 18.1 Å². The fourth-order valence-corrected chi connectivity index (χ4v) is 4.22. The lowest BCUT2D eigenvalue weighted by Crippen LogP contribution is -2.19. The van der Waals surface area contributed by atoms with Crippen LogP contribution < -0.4 is 10.1 Å². The molecular weight excluding hydrogens is 539 g/mol. The molecule has 1 fully saturated rings. The molecule has 2 aromatic rings. The number of nitrogens with zero attached hydrogens (tertiary/aromatic N) is 1. The highest BCUT2D eigenvalue weighted by molar-refractivity contribution is 14.1. The quantitative estimate of drug-likeness (QED) is 0.305. The first-order chi connectivity index (χ1) is 14.4. The zero-order chi connectivity index (χ0) is 21.7. The van der Waals surface area contributed by atoms with E-state index in [1.165, 1.54) is 11.8 Å². The molecule has 1 amide bonds. The number of rotatable bonds is 6. The van der Waals surface area contributed by atoms with Gasteiger partial charge >= 0.3 is 5.97 Å². The van der Waals surface area contributed by atoms with Crippen molar-refractivity contribution in [3.63, 3.8) is 0 Å². The van der Waals surface area contributed by atoms with Gasteiger partial charge in [-0.25, -0.2) is 9.79 Å². The molecule has 0 atom stereocenters. The fourth-order valence-electron chi connectivity index (χ4n) is 2.52. The number of hydrogen-bond donors (Lipinski definition) is 1. The Morgan fingerprint density at radius 2 is 2.13 bits per heavy atom. The average molecular weight is 557 g/mol. The monoisotopic (exact) mass is 556 g/mol. The van der Waals surface area contributed by atoms with E-state index >= 15 is 0 Å². The Morgan fingerprint density at radius 3 is 2.87 bits per heavy atom. The van der Waals surface area contributed by atoms with Gasteiger partial charge in [0.05, 0.1) is 20.8 Å². The molecule has 1 aliphatic rings. The third-order valence-electron chi connectivity index (χ3n) is 4.02. The molecule has 0 aromatic heterocycles. The number of esters is 1. The Morgan fingerprint density at radius 1 is 1.33 bits per heavy atom. The van der Waals surface area contributed by atoms with E-state index in [1.54, 1.807) is 25.1 Å². The van der Waals surface area contributed by atoms with Gasteiger partial charge in [0.25, 0.3) is 5.91 Å². The number of carbonyl (C=O) groups is 2. The number of hydrogen-bond acceptors (Lipinski definition) is 6. The van der Waals surface area contributed by atoms with E-state index in [4.69, 9.17) is 21.1 Å². The van der Waals surface area contributed by atoms with E-state index in [0.29, 0.717) is 33.1 Å². The average Bonchev–Trinajstić information content (AvgIpc) is 3.04. The lowest BCUT2D eigenvalue weighted by molar-refractivity contribution is -0.145. The van der Waals surface area contributed by atoms with Crippen molar-refractivity contribution in [2.75, 3.05) is 13.2 Å². The second kappa shape index (κ2) is 10.3. The number of aliphatic imine (C=N–C) groups is 1. The molecule has 156 valence electrons. The summed E-state index contributed by atoms with van der Waals surface area (Å²) >= 11 is 9.52. The smallest absolute Gasteiger partial charge is 0.344 e. The van der Waals surface area contributed by atoms with E-state index < -0.39 is 5.97 Å². The van der Waals surface area contributed by atoms with Crippen molar-refractivity contribution in [2.24, 2.45) is 4.99 Å². The second-order valence-corrected chi connectivity index (χ2v) is 8.75. The van der Waals surface area contributed by atoms with Gasteiger partial charge in [-0.1, -0.05) is 23.7 Å². The summed E-state index contributed by atoms with van der Waals surface area (Å²) in [6, 6.07) is 10.9. The Balaban J connectivity index is 1.73. The molecule has 1 saturated heterocycles. The number of benzene rings is 2. The van der Waals surface area contributed by atoms with Crippen LogP contribution in [-0.2, 0) is 14.3 Å². The summed E-state index contributed by atoms with van der Waals surface area (Å²) in [4.78, 5) is 28.8. The third-order valence-corrected chi connectivity index (χ3v) is 6.18. The molecule has 0 aliphatic carbocycles. The van der Waals surface area contributed by atoms with E-state index in [9.17, 15) is 9.59 Å². The molecule has 0 unspecified atom stereocenters. The van der Waals surface area contributed by atoms with Crippen LogP contribution in [0, 0.1) is 10.5 Å². The normalized spacial score (nSPS) is 16.1. The molecule has 1 heterocycles. The predicted molar refractivity (Wildman–Crippen MR) is 128 cm³/mol. The molecule has 6 nitrogen and oxygen atoms in total. The summed E-state index contributed by atoms with van der Waals surface area (Å²) in [6.45, 7) is 3.79. The highest BCUT2D eigenvalue weighted by atomic mass is 127. The summed E-state index contributed by atoms with van der Waals surface area (Å²) in [5, 5.41) is 3.90. The number of amidine groups is 1. The molecule has 1 aliphatic heterocycles. The second-order valence-electron chi connectivity index (χ2n) is 6.15. The summed E-state index contributed by atoms with van der Waals surface area (Å²) in [7, 11) is 0. The molecular formula is C21H18ClIN2O4S. The van der Waals surface area contributed by atoms with Crippen LogP contribution in [0.25, 0.3) is 6.08 Å². The Kier molecular flexibility index (Phi) is 7.79. The fraction of sp³-hybridized carbons (Fsp3) is 0.190. The molecule has 1 N–H and O–H groups in total. The van der Waals surface area contributed by atoms with Crippen molar-refractivity contribution in [3.05, 3.63) is 61.0 Å². The number of nitrogens with one attached hydrogen (secondary N) is 1. The Labute approximate surface area is 197 Å². The van der Waals surface area contributed by atoms with Gasteiger partial charge in [-0.2, -0.15) is 0 Å². The molecule has 0 bridgehead atoms. The van der Waals surface area contributed by atoms with Gasteiger partial charge in [0, 0.05) is 5.02 Å². The first-order valence-corrected chi connectivity index (χ1v) is 11.3. The van der Waals surface area contributed by atoms with Gasteiger partial charge in [0.1, 0.15) is 5.75 Å². The maximum absolute atomic E-state index is 12.3. The number of carbonyl (C=O) groups excluding carboxylic acids is 2. The topological polar surface area (TPSA) is 77.0 Å². The van der Waals surface area contributed by atoms with Crippen LogP contribution in [0.5, 0.6) is 5.75 Å². The minimum atomic E-state index is -0.416. The van der Waals surface area contributed by atoms with Crippen LogP contribution in [0.3, 0.4) is 0 Å². The van der Waals surface area contributed by atoms with Gasteiger partial charge in [-0.3, -0.25) is 4.79 Å². The van der Waals surface area contributed by atoms with Crippen molar-refractivity contribution in [1.29, 1.82) is 0 Å². The van der Waals surface area contributed by atoms with Crippen molar-refractivity contribution in [1.82, 2.24) is 5.32 Å². The zero-order valence-electron chi connectivity index (χ0n) is 16.2. The van der Waals surface area contributed by atoms with E-state index in [1.807, 2.05) is 31.2 Å². The molecule has 9 heteroatoms. The van der Waals surface area contributed by atoms with Gasteiger partial charge in [0.2, 0.25) is 0 Å². The van der Waals surface area contributed by atoms with Crippen LogP contribution >= 0.6 is 46.0 Å². The van der Waals surface area contributed by atoms with Crippen LogP contribution in [0.15, 0.2) is 46.3 Å². The van der Waals surface area contributed by atoms with Crippen LogP contribution in [0.2, 0.25) is 5.02 Å². The highest BCUT2D eigenvalue weighted by Crippen LogP contribution is 2.32. The summed E-state index contributed by atoms with van der Waals surface area (Å²) < 4.78 is 11.2. The molecule has 2 aromatic carbocycles. The minimum Gasteiger partial charge on any atom is -0.481 e. The Bertz CT molecular complexity index is 1060. The van der Waals surface area contributed by atoms with Gasteiger partial charge in [-0.15, -0.1) is 0 Å². The summed E-state index contributed by atoms with van der Waals surface area (Å²) in [5.74, 6) is -0.0515. The summed E-state index contributed by atoms with van der Waals surface area (Å²) in [5.41, 5.74) is 2.40. The third kappa shape index (κ3) is 5.77. The molecule has 0 saturated carbocycles. The van der Waals surface area contributed by atoms with Crippen LogP contribution in [-0.4, -0.2) is 30.3 Å². The van der Waals surface area contributed by atoms with Gasteiger partial charge in [0.15, 0.2) is 11.8 Å². The lowest BCUT2D eigenvalue weighted by atomic mass is 10.2. The molecule has 0 spiro atoms. The van der Waals surface area contributed by atoms with Crippen LogP contribution in [0.4, 0.5) is 5.69 Å². The van der Waals surface area contributed by atoms with Crippen molar-refractivity contribution < 1.29 is 19.1 Å². The van der Waals surface area contributed by atoms with Gasteiger partial charge < -0.3 is 14.8 Å². The summed E-state index contributed by atoms with van der Waals surface area (Å²) in [6.07, 6.45) is 1.78. The van der Waals surface area contributed by atoms with Crippen molar-refractivity contribution in [3.8, 4) is 5.75 Å². The lowest BCUT2D eigenvalue weighted by Gasteiger charge is -2.08. The number of amides is 1. The first kappa shape index (κ1) is 22.6. The predicted octanol–water partition coefficient (Wildman–Crippen LogP) is 5.09. The van der Waals surface area contributed by atoms with Gasteiger partial charge in [-0.05, 0) is 89.7 Å². The standard InChI is InChI=1S/C21H18ClIN2O4S/c1-3-28-19(26)11-29-17-8-7-13(9-15(17)23)10-18-20(27)25-21(30-18)24-16-6-4-5-14(22)12(16)2/h4-10H,3,11H2,1-2H3,(H,24,25,27)/b18-10+. The highest BCUT2D eigenvalue weighted by Gasteiger charge is 2.24. The van der Waals surface area contributed by atoms with E-state index in [0.717, 1.165) is 14.7 Å². The Hall–Kier alpha value is -2.04. The molecule has 3 rings (SSSR count). The molecule has 0 radical (unpaired) electrons. The largest absolute Gasteiger partial charge is 0.481 e. The first-order valence-electron chi connectivity index (χ1n) is 9.00. The number of thioether (sulfide) groups is 1. The van der Waals surface area contributed by atoms with Crippen molar-refractivity contribution >= 4 is 74.8 Å². The number of halogens is 2. The van der Waals surface area contributed by atoms with Crippen molar-refractivity contribution in [2.45, 2.75) is 13.8 Å². The minimum absolute atomic E-state index is 0.148. The van der Waals surface area contributed by atoms with E-state index in [2.05, 4.69) is 32.9 Å². The molecule has 30 heavy (non-hydrogen) atoms. The SMILES string of the molecule is CCOC(=O)COc1ccc(/C=C2/SC(=Nc3cccc(Cl)c3C)NC2=O)cc1I. The maximum atomic E-state index is 12.3. The number of ether oxygens (including phenoxy) is 2. The zero-order valence-corrected chi connectivity index (χ0v) is 19.9. The maximum Gasteiger partial charge on any atom is 0.344 e.